The van der Waals surface area contributed by atoms with Crippen molar-refractivity contribution in [2.45, 2.75) is 13.1 Å². The predicted molar refractivity (Wildman–Crippen MR) is 96.1 cm³/mol. The standard InChI is InChI=1S/C18H14F3N3OS/c1-10-14(11-7-12(18(19,20)21)9-13(22)8-11)4-5-23-16(10)24-17(25)15-3-2-6-26-15/h2-9H,22H2,1H3,(H,23,24,25). The Bertz CT molecular complexity index is 953. The number of hydrogen-bond donors (Lipinski definition) is 2. The number of carbonyl (C=O) groups excluding carboxylic acids is 1. The van der Waals surface area contributed by atoms with Crippen LogP contribution in [0.25, 0.3) is 11.1 Å². The molecule has 0 fully saturated rings. The van der Waals surface area contributed by atoms with Crippen molar-refractivity contribution < 1.29 is 18.0 Å². The zero-order chi connectivity index (χ0) is 18.9. The summed E-state index contributed by atoms with van der Waals surface area (Å²) in [6.07, 6.45) is -3.07. The van der Waals surface area contributed by atoms with Crippen molar-refractivity contribution in [3.8, 4) is 11.1 Å². The summed E-state index contributed by atoms with van der Waals surface area (Å²) in [7, 11) is 0. The molecule has 0 bridgehead atoms. The molecule has 0 radical (unpaired) electrons. The van der Waals surface area contributed by atoms with Crippen molar-refractivity contribution >= 4 is 28.7 Å². The Morgan fingerprint density at radius 1 is 1.23 bits per heavy atom. The van der Waals surface area contributed by atoms with Crippen LogP contribution in [0.1, 0.15) is 20.8 Å². The van der Waals surface area contributed by atoms with Crippen LogP contribution in [0.3, 0.4) is 0 Å². The van der Waals surface area contributed by atoms with Crippen LogP contribution in [0.4, 0.5) is 24.7 Å². The monoisotopic (exact) mass is 377 g/mol. The van der Waals surface area contributed by atoms with E-state index in [2.05, 4.69) is 10.3 Å². The highest BCUT2D eigenvalue weighted by atomic mass is 32.1. The number of alkyl halides is 3. The molecule has 0 saturated carbocycles. The number of benzene rings is 1. The highest BCUT2D eigenvalue weighted by Gasteiger charge is 2.31. The molecule has 4 nitrogen and oxygen atoms in total. The Labute approximate surface area is 151 Å². The Hall–Kier alpha value is -2.87. The van der Waals surface area contributed by atoms with Crippen LogP contribution in [0.5, 0.6) is 0 Å². The third-order valence-electron chi connectivity index (χ3n) is 3.77. The smallest absolute Gasteiger partial charge is 0.399 e. The molecule has 3 aromatic rings. The third kappa shape index (κ3) is 3.70. The van der Waals surface area contributed by atoms with E-state index in [1.165, 1.54) is 23.6 Å². The molecule has 0 aliphatic rings. The molecule has 1 amide bonds. The average Bonchev–Trinajstić information content (AvgIpc) is 3.10. The summed E-state index contributed by atoms with van der Waals surface area (Å²) < 4.78 is 39.1. The number of hydrogen-bond acceptors (Lipinski definition) is 4. The molecule has 0 saturated heterocycles. The number of aromatic nitrogens is 1. The Balaban J connectivity index is 2.00. The maximum atomic E-state index is 13.0. The van der Waals surface area contributed by atoms with Crippen LogP contribution in [0, 0.1) is 6.92 Å². The normalized spacial score (nSPS) is 11.4. The Morgan fingerprint density at radius 3 is 2.65 bits per heavy atom. The summed E-state index contributed by atoms with van der Waals surface area (Å²) >= 11 is 1.28. The molecule has 2 aromatic heterocycles. The fraction of sp³-hybridized carbons (Fsp3) is 0.111. The van der Waals surface area contributed by atoms with Crippen LogP contribution >= 0.6 is 11.3 Å². The molecule has 134 valence electrons. The molecule has 0 aliphatic carbocycles. The maximum absolute atomic E-state index is 13.0. The third-order valence-corrected chi connectivity index (χ3v) is 4.64. The summed E-state index contributed by atoms with van der Waals surface area (Å²) in [5, 5.41) is 4.46. The van der Waals surface area contributed by atoms with Gasteiger partial charge < -0.3 is 11.1 Å². The van der Waals surface area contributed by atoms with Crippen molar-refractivity contribution in [3.63, 3.8) is 0 Å². The fourth-order valence-electron chi connectivity index (χ4n) is 2.52. The van der Waals surface area contributed by atoms with E-state index in [-0.39, 0.29) is 17.4 Å². The molecular weight excluding hydrogens is 363 g/mol. The van der Waals surface area contributed by atoms with Crippen LogP contribution in [0.15, 0.2) is 48.0 Å². The number of nitrogens with one attached hydrogen (secondary N) is 1. The lowest BCUT2D eigenvalue weighted by Gasteiger charge is -2.14. The van der Waals surface area contributed by atoms with E-state index < -0.39 is 11.7 Å². The average molecular weight is 377 g/mol. The van der Waals surface area contributed by atoms with E-state index in [4.69, 9.17) is 5.73 Å². The molecule has 3 rings (SSSR count). The van der Waals surface area contributed by atoms with Crippen molar-refractivity contribution in [2.75, 3.05) is 11.1 Å². The lowest BCUT2D eigenvalue weighted by molar-refractivity contribution is -0.137. The molecule has 2 heterocycles. The largest absolute Gasteiger partial charge is 0.416 e. The predicted octanol–water partition coefficient (Wildman–Crippen LogP) is 4.97. The second kappa shape index (κ2) is 6.80. The first kappa shape index (κ1) is 17.9. The van der Waals surface area contributed by atoms with Crippen molar-refractivity contribution in [1.29, 1.82) is 0 Å². The van der Waals surface area contributed by atoms with Gasteiger partial charge in [-0.05, 0) is 59.3 Å². The number of anilines is 2. The minimum absolute atomic E-state index is 0.00945. The second-order valence-electron chi connectivity index (χ2n) is 5.61. The topological polar surface area (TPSA) is 68.0 Å². The van der Waals surface area contributed by atoms with Crippen LogP contribution in [-0.2, 0) is 6.18 Å². The van der Waals surface area contributed by atoms with Gasteiger partial charge in [0.25, 0.3) is 5.91 Å². The van der Waals surface area contributed by atoms with E-state index in [0.717, 1.165) is 12.1 Å². The van der Waals surface area contributed by atoms with Crippen molar-refractivity contribution in [2.24, 2.45) is 0 Å². The molecule has 26 heavy (non-hydrogen) atoms. The molecule has 1 aromatic carbocycles. The number of thiophene rings is 1. The van der Waals surface area contributed by atoms with Crippen LogP contribution in [-0.4, -0.2) is 10.9 Å². The second-order valence-corrected chi connectivity index (χ2v) is 6.55. The number of halogens is 3. The number of nitrogens with two attached hydrogens (primary N) is 1. The molecule has 3 N–H and O–H groups in total. The number of pyridine rings is 1. The summed E-state index contributed by atoms with van der Waals surface area (Å²) in [6, 6.07) is 8.39. The van der Waals surface area contributed by atoms with Crippen LogP contribution in [0.2, 0.25) is 0 Å². The van der Waals surface area contributed by atoms with Gasteiger partial charge in [0.2, 0.25) is 0 Å². The molecule has 0 aliphatic heterocycles. The minimum Gasteiger partial charge on any atom is -0.399 e. The zero-order valence-electron chi connectivity index (χ0n) is 13.6. The minimum atomic E-state index is -4.50. The maximum Gasteiger partial charge on any atom is 0.416 e. The molecule has 0 atom stereocenters. The van der Waals surface area contributed by atoms with Gasteiger partial charge in [0, 0.05) is 11.9 Å². The first-order chi connectivity index (χ1) is 12.3. The lowest BCUT2D eigenvalue weighted by atomic mass is 9.99. The van der Waals surface area contributed by atoms with E-state index in [9.17, 15) is 18.0 Å². The van der Waals surface area contributed by atoms with Gasteiger partial charge >= 0.3 is 6.18 Å². The zero-order valence-corrected chi connectivity index (χ0v) is 14.4. The molecule has 8 heteroatoms. The van der Waals surface area contributed by atoms with Gasteiger partial charge in [-0.15, -0.1) is 11.3 Å². The quantitative estimate of drug-likeness (QED) is 0.633. The van der Waals surface area contributed by atoms with Gasteiger partial charge in [-0.25, -0.2) is 4.98 Å². The van der Waals surface area contributed by atoms with Gasteiger partial charge in [-0.3, -0.25) is 4.79 Å². The summed E-state index contributed by atoms with van der Waals surface area (Å²) in [5.74, 6) is -0.0341. The van der Waals surface area contributed by atoms with Crippen molar-refractivity contribution in [1.82, 2.24) is 4.98 Å². The lowest BCUT2D eigenvalue weighted by Crippen LogP contribution is -2.13. The Kier molecular flexibility index (Phi) is 4.69. The van der Waals surface area contributed by atoms with Gasteiger partial charge in [0.05, 0.1) is 10.4 Å². The highest BCUT2D eigenvalue weighted by molar-refractivity contribution is 7.12. The summed E-state index contributed by atoms with van der Waals surface area (Å²) in [6.45, 7) is 1.68. The van der Waals surface area contributed by atoms with Gasteiger partial charge in [-0.2, -0.15) is 13.2 Å². The first-order valence-electron chi connectivity index (χ1n) is 7.54. The van der Waals surface area contributed by atoms with Gasteiger partial charge in [-0.1, -0.05) is 6.07 Å². The van der Waals surface area contributed by atoms with E-state index in [1.807, 2.05) is 0 Å². The Morgan fingerprint density at radius 2 is 2.00 bits per heavy atom. The number of nitrogens with zero attached hydrogens (tertiary/aromatic N) is 1. The SMILES string of the molecule is Cc1c(-c2cc(N)cc(C(F)(F)F)c2)ccnc1NC(=O)c1cccs1. The molecule has 0 unspecified atom stereocenters. The summed E-state index contributed by atoms with van der Waals surface area (Å²) in [5.41, 5.74) is 6.20. The van der Waals surface area contributed by atoms with Gasteiger partial charge in [0.15, 0.2) is 0 Å². The van der Waals surface area contributed by atoms with E-state index in [0.29, 0.717) is 21.6 Å². The number of amides is 1. The molecular formula is C18H14F3N3OS. The van der Waals surface area contributed by atoms with E-state index >= 15 is 0 Å². The molecule has 0 spiro atoms. The number of nitrogen functional groups attached to an aromatic ring is 1. The highest BCUT2D eigenvalue weighted by Crippen LogP contribution is 2.36. The number of rotatable bonds is 3. The number of carbonyl (C=O) groups is 1. The van der Waals surface area contributed by atoms with E-state index in [1.54, 1.807) is 30.5 Å². The summed E-state index contributed by atoms with van der Waals surface area (Å²) in [4.78, 5) is 16.8. The van der Waals surface area contributed by atoms with Crippen LogP contribution < -0.4 is 11.1 Å². The first-order valence-corrected chi connectivity index (χ1v) is 8.42. The van der Waals surface area contributed by atoms with Gasteiger partial charge in [0.1, 0.15) is 5.82 Å². The fourth-order valence-corrected chi connectivity index (χ4v) is 3.14. The van der Waals surface area contributed by atoms with Crippen molar-refractivity contribution in [3.05, 3.63) is 64.0 Å².